The molecule has 0 saturated heterocycles. The molecule has 0 aliphatic heterocycles. The topological polar surface area (TPSA) is 30.5 Å². The minimum Gasteiger partial charge on any atom is -0.385 e. The predicted molar refractivity (Wildman–Crippen MR) is 49.9 cm³/mol. The molecule has 0 spiro atoms. The highest BCUT2D eigenvalue weighted by Crippen LogP contribution is 2.04. The van der Waals surface area contributed by atoms with E-state index in [0.717, 1.165) is 13.0 Å². The first-order chi connectivity index (χ1) is 5.45. The van der Waals surface area contributed by atoms with Crippen molar-refractivity contribution in [2.75, 3.05) is 13.7 Å². The van der Waals surface area contributed by atoms with Crippen LogP contribution in [0.15, 0.2) is 0 Å². The van der Waals surface area contributed by atoms with Crippen molar-refractivity contribution in [2.24, 2.45) is 0 Å². The predicted octanol–water partition coefficient (Wildman–Crippen LogP) is 1.73. The number of rotatable bonds is 5. The van der Waals surface area contributed by atoms with Gasteiger partial charge in [-0.1, -0.05) is 0 Å². The van der Waals surface area contributed by atoms with Crippen LogP contribution < -0.4 is 5.48 Å². The van der Waals surface area contributed by atoms with Crippen molar-refractivity contribution in [3.05, 3.63) is 0 Å². The minimum absolute atomic E-state index is 0.124. The van der Waals surface area contributed by atoms with E-state index in [9.17, 15) is 0 Å². The maximum Gasteiger partial charge on any atom is 0.0813 e. The van der Waals surface area contributed by atoms with Gasteiger partial charge in [-0.05, 0) is 34.1 Å². The molecule has 0 aromatic heterocycles. The molecule has 74 valence electrons. The average molecular weight is 175 g/mol. The van der Waals surface area contributed by atoms with Gasteiger partial charge in [0, 0.05) is 19.8 Å². The number of nitrogens with one attached hydrogen (secondary N) is 1. The Labute approximate surface area is 75.4 Å². The maximum atomic E-state index is 5.38. The lowest BCUT2D eigenvalue weighted by molar-refractivity contribution is -0.0885. The zero-order valence-electron chi connectivity index (χ0n) is 8.81. The second kappa shape index (κ2) is 5.51. The molecule has 0 saturated carbocycles. The first kappa shape index (κ1) is 11.9. The van der Waals surface area contributed by atoms with Crippen LogP contribution in [0.1, 0.15) is 34.1 Å². The van der Waals surface area contributed by atoms with Gasteiger partial charge in [0.2, 0.25) is 0 Å². The van der Waals surface area contributed by atoms with Crippen LogP contribution in [-0.2, 0) is 9.57 Å². The average Bonchev–Trinajstić information content (AvgIpc) is 1.95. The molecule has 0 aromatic rings. The van der Waals surface area contributed by atoms with E-state index in [-0.39, 0.29) is 5.60 Å². The molecule has 12 heavy (non-hydrogen) atoms. The summed E-state index contributed by atoms with van der Waals surface area (Å²) >= 11 is 0. The second-order valence-corrected chi connectivity index (χ2v) is 4.01. The van der Waals surface area contributed by atoms with Crippen LogP contribution in [0.4, 0.5) is 0 Å². The summed E-state index contributed by atoms with van der Waals surface area (Å²) in [6, 6.07) is 0.337. The highest BCUT2D eigenvalue weighted by molar-refractivity contribution is 4.59. The molecule has 0 bridgehead atoms. The zero-order chi connectivity index (χ0) is 9.61. The third-order valence-electron chi connectivity index (χ3n) is 1.32. The van der Waals surface area contributed by atoms with Crippen LogP contribution >= 0.6 is 0 Å². The first-order valence-corrected chi connectivity index (χ1v) is 4.38. The number of hydrogen-bond donors (Lipinski definition) is 1. The molecule has 0 aliphatic rings. The van der Waals surface area contributed by atoms with E-state index in [1.54, 1.807) is 7.11 Å². The molecule has 3 nitrogen and oxygen atoms in total. The molecule has 1 unspecified atom stereocenters. The molecular weight excluding hydrogens is 154 g/mol. The minimum atomic E-state index is -0.124. The van der Waals surface area contributed by atoms with Crippen molar-refractivity contribution in [1.29, 1.82) is 0 Å². The summed E-state index contributed by atoms with van der Waals surface area (Å²) in [4.78, 5) is 5.38. The van der Waals surface area contributed by atoms with Crippen LogP contribution in [-0.4, -0.2) is 25.4 Å². The summed E-state index contributed by atoms with van der Waals surface area (Å²) in [6.07, 6.45) is 0.965. The van der Waals surface area contributed by atoms with Gasteiger partial charge in [-0.2, -0.15) is 5.48 Å². The summed E-state index contributed by atoms with van der Waals surface area (Å²) < 4.78 is 4.95. The lowest BCUT2D eigenvalue weighted by atomic mass is 10.2. The molecule has 1 atom stereocenters. The largest absolute Gasteiger partial charge is 0.385 e. The smallest absolute Gasteiger partial charge is 0.0813 e. The highest BCUT2D eigenvalue weighted by atomic mass is 16.7. The van der Waals surface area contributed by atoms with Crippen LogP contribution in [0.5, 0.6) is 0 Å². The Morgan fingerprint density at radius 1 is 1.33 bits per heavy atom. The van der Waals surface area contributed by atoms with Crippen LogP contribution in [0.3, 0.4) is 0 Å². The number of methoxy groups -OCH3 is 1. The van der Waals surface area contributed by atoms with Crippen molar-refractivity contribution in [2.45, 2.75) is 45.8 Å². The van der Waals surface area contributed by atoms with Gasteiger partial charge >= 0.3 is 0 Å². The first-order valence-electron chi connectivity index (χ1n) is 4.38. The Morgan fingerprint density at radius 3 is 2.33 bits per heavy atom. The quantitative estimate of drug-likeness (QED) is 0.645. The molecule has 1 N–H and O–H groups in total. The fourth-order valence-corrected chi connectivity index (χ4v) is 0.631. The summed E-state index contributed by atoms with van der Waals surface area (Å²) in [6.45, 7) is 8.89. The van der Waals surface area contributed by atoms with Crippen molar-refractivity contribution in [3.63, 3.8) is 0 Å². The van der Waals surface area contributed by atoms with Crippen LogP contribution in [0.25, 0.3) is 0 Å². The van der Waals surface area contributed by atoms with Gasteiger partial charge in [0.15, 0.2) is 0 Å². The summed E-state index contributed by atoms with van der Waals surface area (Å²) in [5, 5.41) is 0. The molecule has 0 rings (SSSR count). The Bertz CT molecular complexity index is 110. The fourth-order valence-electron chi connectivity index (χ4n) is 0.631. The van der Waals surface area contributed by atoms with Crippen molar-refractivity contribution in [1.82, 2.24) is 5.48 Å². The van der Waals surface area contributed by atoms with Crippen LogP contribution in [0, 0.1) is 0 Å². The molecule has 0 heterocycles. The monoisotopic (exact) mass is 175 g/mol. The number of hydroxylamine groups is 1. The van der Waals surface area contributed by atoms with Crippen LogP contribution in [0.2, 0.25) is 0 Å². The Hall–Kier alpha value is -0.120. The van der Waals surface area contributed by atoms with E-state index < -0.39 is 0 Å². The fraction of sp³-hybridized carbons (Fsp3) is 1.00. The van der Waals surface area contributed by atoms with E-state index >= 15 is 0 Å². The van der Waals surface area contributed by atoms with Gasteiger partial charge in [0.05, 0.1) is 5.60 Å². The summed E-state index contributed by atoms with van der Waals surface area (Å²) in [5.74, 6) is 0. The number of ether oxygens (including phenoxy) is 1. The lowest BCUT2D eigenvalue weighted by Gasteiger charge is -2.22. The van der Waals surface area contributed by atoms with E-state index in [1.807, 2.05) is 20.8 Å². The van der Waals surface area contributed by atoms with Gasteiger partial charge in [0.1, 0.15) is 0 Å². The molecule has 0 fully saturated rings. The third-order valence-corrected chi connectivity index (χ3v) is 1.32. The Morgan fingerprint density at radius 2 is 1.92 bits per heavy atom. The van der Waals surface area contributed by atoms with Gasteiger partial charge in [-0.3, -0.25) is 4.84 Å². The van der Waals surface area contributed by atoms with Gasteiger partial charge in [0.25, 0.3) is 0 Å². The van der Waals surface area contributed by atoms with E-state index in [0.29, 0.717) is 6.04 Å². The normalized spacial score (nSPS) is 14.8. The molecule has 0 aromatic carbocycles. The summed E-state index contributed by atoms with van der Waals surface area (Å²) in [7, 11) is 1.71. The van der Waals surface area contributed by atoms with Gasteiger partial charge in [-0.25, -0.2) is 0 Å². The van der Waals surface area contributed by atoms with E-state index in [4.69, 9.17) is 9.57 Å². The molecule has 0 radical (unpaired) electrons. The number of hydrogen-bond acceptors (Lipinski definition) is 3. The maximum absolute atomic E-state index is 5.38. The van der Waals surface area contributed by atoms with Gasteiger partial charge < -0.3 is 4.74 Å². The molecule has 0 amide bonds. The zero-order valence-corrected chi connectivity index (χ0v) is 8.81. The highest BCUT2D eigenvalue weighted by Gasteiger charge is 2.11. The van der Waals surface area contributed by atoms with Crippen molar-refractivity contribution >= 4 is 0 Å². The SMILES string of the molecule is COCCC(C)NOC(C)(C)C. The standard InChI is InChI=1S/C9H21NO2/c1-8(6-7-11-5)10-12-9(2,3)4/h8,10H,6-7H2,1-5H3. The van der Waals surface area contributed by atoms with E-state index in [1.165, 1.54) is 0 Å². The Kier molecular flexibility index (Phi) is 5.46. The van der Waals surface area contributed by atoms with Crippen molar-refractivity contribution in [3.8, 4) is 0 Å². The van der Waals surface area contributed by atoms with Crippen molar-refractivity contribution < 1.29 is 9.57 Å². The molecular formula is C9H21NO2. The Balaban J connectivity index is 3.37. The summed E-state index contributed by atoms with van der Waals surface area (Å²) in [5.41, 5.74) is 2.85. The lowest BCUT2D eigenvalue weighted by Crippen LogP contribution is -2.35. The third kappa shape index (κ3) is 7.98. The van der Waals surface area contributed by atoms with Gasteiger partial charge in [-0.15, -0.1) is 0 Å². The molecule has 0 aliphatic carbocycles. The van der Waals surface area contributed by atoms with E-state index in [2.05, 4.69) is 12.4 Å². The second-order valence-electron chi connectivity index (χ2n) is 4.01. The molecule has 3 heteroatoms.